The van der Waals surface area contributed by atoms with Gasteiger partial charge in [-0.3, -0.25) is 14.4 Å². The zero-order valence-electron chi connectivity index (χ0n) is 17.3. The van der Waals surface area contributed by atoms with Crippen molar-refractivity contribution in [3.05, 3.63) is 48.3 Å². The summed E-state index contributed by atoms with van der Waals surface area (Å²) in [5.41, 5.74) is -1.20. The minimum atomic E-state index is -4.18. The van der Waals surface area contributed by atoms with Crippen molar-refractivity contribution in [3.8, 4) is 5.75 Å². The number of nitrogens with zero attached hydrogens (tertiary/aromatic N) is 1. The summed E-state index contributed by atoms with van der Waals surface area (Å²) in [6.45, 7) is -0.271. The van der Waals surface area contributed by atoms with E-state index in [1.165, 1.54) is 18.2 Å². The van der Waals surface area contributed by atoms with Crippen molar-refractivity contribution in [2.24, 2.45) is 0 Å². The Balaban J connectivity index is 1.64. The first-order valence-corrected chi connectivity index (χ1v) is 11.6. The van der Waals surface area contributed by atoms with Crippen LogP contribution in [0.25, 0.3) is 0 Å². The third-order valence-electron chi connectivity index (χ3n) is 5.64. The molecule has 4 rings (SSSR count). The highest BCUT2D eigenvalue weighted by Crippen LogP contribution is 2.39. The summed E-state index contributed by atoms with van der Waals surface area (Å²) < 4.78 is 47.0. The van der Waals surface area contributed by atoms with Crippen LogP contribution in [0.1, 0.15) is 19.3 Å². The van der Waals surface area contributed by atoms with E-state index in [2.05, 4.69) is 10.6 Å². The Hall–Kier alpha value is -3.38. The Morgan fingerprint density at radius 3 is 2.48 bits per heavy atom. The van der Waals surface area contributed by atoms with Crippen LogP contribution in [0.15, 0.2) is 47.4 Å². The molecule has 0 saturated heterocycles. The lowest BCUT2D eigenvalue weighted by molar-refractivity contribution is -0.148. The van der Waals surface area contributed by atoms with E-state index in [4.69, 9.17) is 9.84 Å². The Labute approximate surface area is 189 Å². The summed E-state index contributed by atoms with van der Waals surface area (Å²) >= 11 is 0. The van der Waals surface area contributed by atoms with Gasteiger partial charge in [-0.25, -0.2) is 17.6 Å². The second-order valence-corrected chi connectivity index (χ2v) is 9.80. The fraction of sp³-hybridized carbons (Fsp3) is 0.333. The van der Waals surface area contributed by atoms with Gasteiger partial charge in [0.25, 0.3) is 15.9 Å². The van der Waals surface area contributed by atoms with Crippen molar-refractivity contribution >= 4 is 33.4 Å². The lowest BCUT2D eigenvalue weighted by Crippen LogP contribution is -2.55. The third-order valence-corrected chi connectivity index (χ3v) is 7.43. The van der Waals surface area contributed by atoms with Gasteiger partial charge in [0, 0.05) is 5.69 Å². The fourth-order valence-electron chi connectivity index (χ4n) is 3.69. The first kappa shape index (κ1) is 22.8. The zero-order valence-corrected chi connectivity index (χ0v) is 18.1. The van der Waals surface area contributed by atoms with E-state index in [-0.39, 0.29) is 35.1 Å². The number of halogens is 1. The molecule has 12 heteroatoms. The topological polar surface area (TPSA) is 145 Å². The van der Waals surface area contributed by atoms with Crippen LogP contribution in [0.3, 0.4) is 0 Å². The van der Waals surface area contributed by atoms with Gasteiger partial charge in [0.2, 0.25) is 0 Å². The normalized spacial score (nSPS) is 19.0. The average Bonchev–Trinajstić information content (AvgIpc) is 2.75. The summed E-state index contributed by atoms with van der Waals surface area (Å²) in [6.07, 6.45) is -0.657. The van der Waals surface area contributed by atoms with Crippen molar-refractivity contribution < 1.29 is 37.3 Å². The standard InChI is InChI=1S/C21H22FN3O7S/c22-13-2-5-16(6-3-13)33(30,31)25-12-15(11-23-19(26)21(29)8-1-9-21)32-18-7-4-14(10-17(18)25)24-20(27)28/h2-7,10,15,24,29H,1,8-9,11-12H2,(H,23,26)(H,27,28). The van der Waals surface area contributed by atoms with Crippen LogP contribution in [-0.2, 0) is 14.8 Å². The van der Waals surface area contributed by atoms with E-state index < -0.39 is 39.5 Å². The average molecular weight is 479 g/mol. The van der Waals surface area contributed by atoms with Gasteiger partial charge in [-0.05, 0) is 61.7 Å². The monoisotopic (exact) mass is 479 g/mol. The molecule has 1 aliphatic heterocycles. The molecule has 0 aromatic heterocycles. The van der Waals surface area contributed by atoms with Gasteiger partial charge >= 0.3 is 6.09 Å². The first-order valence-electron chi connectivity index (χ1n) is 10.2. The van der Waals surface area contributed by atoms with Gasteiger partial charge in [-0.1, -0.05) is 0 Å². The van der Waals surface area contributed by atoms with Gasteiger partial charge in [0.15, 0.2) is 0 Å². The Morgan fingerprint density at radius 2 is 1.88 bits per heavy atom. The summed E-state index contributed by atoms with van der Waals surface area (Å²) in [5, 5.41) is 23.9. The van der Waals surface area contributed by atoms with E-state index in [9.17, 15) is 27.5 Å². The molecule has 0 radical (unpaired) electrons. The molecule has 0 bridgehead atoms. The first-order chi connectivity index (χ1) is 15.6. The lowest BCUT2D eigenvalue weighted by atomic mass is 9.79. The van der Waals surface area contributed by atoms with Crippen LogP contribution in [0.2, 0.25) is 0 Å². The minimum Gasteiger partial charge on any atom is -0.484 e. The van der Waals surface area contributed by atoms with Crippen LogP contribution in [-0.4, -0.2) is 55.4 Å². The number of fused-ring (bicyclic) bond motifs is 1. The molecule has 2 amide bonds. The number of amides is 2. The van der Waals surface area contributed by atoms with Gasteiger partial charge in [0.1, 0.15) is 23.3 Å². The molecule has 1 saturated carbocycles. The Bertz CT molecular complexity index is 1180. The highest BCUT2D eigenvalue weighted by atomic mass is 32.2. The maximum Gasteiger partial charge on any atom is 0.409 e. The number of hydrogen-bond acceptors (Lipinski definition) is 6. The van der Waals surface area contributed by atoms with Crippen molar-refractivity contribution in [2.75, 3.05) is 22.7 Å². The molecule has 1 aliphatic carbocycles. The fourth-order valence-corrected chi connectivity index (χ4v) is 5.19. The molecule has 1 atom stereocenters. The second-order valence-electron chi connectivity index (χ2n) is 7.94. The number of benzene rings is 2. The molecular formula is C21H22FN3O7S. The van der Waals surface area contributed by atoms with Gasteiger partial charge in [-0.2, -0.15) is 0 Å². The van der Waals surface area contributed by atoms with Crippen molar-refractivity contribution in [1.82, 2.24) is 5.32 Å². The van der Waals surface area contributed by atoms with E-state index in [1.54, 1.807) is 0 Å². The number of anilines is 2. The summed E-state index contributed by atoms with van der Waals surface area (Å²) in [7, 11) is -4.18. The van der Waals surface area contributed by atoms with Gasteiger partial charge < -0.3 is 20.3 Å². The molecule has 1 fully saturated rings. The molecule has 176 valence electrons. The third kappa shape index (κ3) is 4.57. The van der Waals surface area contributed by atoms with E-state index in [0.29, 0.717) is 12.8 Å². The van der Waals surface area contributed by atoms with Crippen molar-refractivity contribution in [3.63, 3.8) is 0 Å². The maximum atomic E-state index is 13.4. The van der Waals surface area contributed by atoms with E-state index in [0.717, 1.165) is 35.0 Å². The molecule has 33 heavy (non-hydrogen) atoms. The van der Waals surface area contributed by atoms with Crippen LogP contribution in [0.4, 0.5) is 20.6 Å². The second kappa shape index (κ2) is 8.52. The van der Waals surface area contributed by atoms with Crippen molar-refractivity contribution in [2.45, 2.75) is 35.9 Å². The molecule has 10 nitrogen and oxygen atoms in total. The van der Waals surface area contributed by atoms with Crippen LogP contribution < -0.4 is 19.7 Å². The Morgan fingerprint density at radius 1 is 1.18 bits per heavy atom. The van der Waals surface area contributed by atoms with E-state index in [1.807, 2.05) is 0 Å². The largest absolute Gasteiger partial charge is 0.484 e. The van der Waals surface area contributed by atoms with Gasteiger partial charge in [-0.15, -0.1) is 0 Å². The predicted molar refractivity (Wildman–Crippen MR) is 115 cm³/mol. The van der Waals surface area contributed by atoms with Crippen LogP contribution >= 0.6 is 0 Å². The Kier molecular flexibility index (Phi) is 5.89. The number of aliphatic hydroxyl groups is 1. The molecule has 1 heterocycles. The SMILES string of the molecule is O=C(O)Nc1ccc2c(c1)N(S(=O)(=O)c1ccc(F)cc1)CC(CNC(=O)C1(O)CCC1)O2. The van der Waals surface area contributed by atoms with Crippen LogP contribution in [0.5, 0.6) is 5.75 Å². The highest BCUT2D eigenvalue weighted by molar-refractivity contribution is 7.92. The number of hydrogen-bond donors (Lipinski definition) is 4. The van der Waals surface area contributed by atoms with E-state index >= 15 is 0 Å². The molecule has 0 spiro atoms. The smallest absolute Gasteiger partial charge is 0.409 e. The number of rotatable bonds is 6. The number of nitrogens with one attached hydrogen (secondary N) is 2. The summed E-state index contributed by atoms with van der Waals surface area (Å²) in [5.74, 6) is -0.986. The molecule has 2 aromatic rings. The zero-order chi connectivity index (χ0) is 23.8. The number of ether oxygens (including phenoxy) is 1. The summed E-state index contributed by atoms with van der Waals surface area (Å²) in [6, 6.07) is 8.44. The maximum absolute atomic E-state index is 13.4. The molecule has 1 unspecified atom stereocenters. The lowest BCUT2D eigenvalue weighted by Gasteiger charge is -2.37. The van der Waals surface area contributed by atoms with Crippen LogP contribution in [0, 0.1) is 5.82 Å². The number of carbonyl (C=O) groups is 2. The van der Waals surface area contributed by atoms with Gasteiger partial charge in [0.05, 0.1) is 23.7 Å². The molecule has 4 N–H and O–H groups in total. The number of carboxylic acid groups (broad SMARTS) is 1. The molecule has 2 aromatic carbocycles. The number of carbonyl (C=O) groups excluding carboxylic acids is 1. The molecular weight excluding hydrogens is 457 g/mol. The van der Waals surface area contributed by atoms with Crippen molar-refractivity contribution in [1.29, 1.82) is 0 Å². The quantitative estimate of drug-likeness (QED) is 0.495. The minimum absolute atomic E-state index is 0.0643. The highest BCUT2D eigenvalue weighted by Gasteiger charge is 2.42. The summed E-state index contributed by atoms with van der Waals surface area (Å²) in [4.78, 5) is 23.1. The number of sulfonamides is 1. The predicted octanol–water partition coefficient (Wildman–Crippen LogP) is 1.90. The molecule has 2 aliphatic rings.